The number of fused-ring (bicyclic) bond motifs is 1. The minimum atomic E-state index is 0.436. The van der Waals surface area contributed by atoms with E-state index in [9.17, 15) is 0 Å². The van der Waals surface area contributed by atoms with Crippen LogP contribution in [0.2, 0.25) is 0 Å². The van der Waals surface area contributed by atoms with E-state index in [1.807, 2.05) is 19.1 Å². The highest BCUT2D eigenvalue weighted by molar-refractivity contribution is 5.36. The van der Waals surface area contributed by atoms with Crippen molar-refractivity contribution in [1.29, 1.82) is 0 Å². The van der Waals surface area contributed by atoms with Gasteiger partial charge in [0.2, 0.25) is 0 Å². The molecular weight excluding hydrogens is 164 g/mol. The molecular formula is C9H12N4. The number of hydrogen-bond acceptors (Lipinski definition) is 3. The molecule has 0 saturated carbocycles. The van der Waals surface area contributed by atoms with E-state index in [1.54, 1.807) is 4.52 Å². The molecule has 0 aromatic carbocycles. The molecule has 2 aromatic rings. The third kappa shape index (κ3) is 1.28. The molecule has 0 saturated heterocycles. The van der Waals surface area contributed by atoms with E-state index in [4.69, 9.17) is 0 Å². The molecule has 0 fully saturated rings. The highest BCUT2D eigenvalue weighted by Crippen LogP contribution is 2.11. The van der Waals surface area contributed by atoms with Gasteiger partial charge in [-0.2, -0.15) is 9.61 Å². The maximum atomic E-state index is 4.43. The Kier molecular flexibility index (Phi) is 1.76. The fraction of sp³-hybridized carbons (Fsp3) is 0.444. The second kappa shape index (κ2) is 2.80. The third-order valence-corrected chi connectivity index (χ3v) is 2.03. The summed E-state index contributed by atoms with van der Waals surface area (Å²) in [7, 11) is 0. The maximum Gasteiger partial charge on any atom is 0.177 e. The van der Waals surface area contributed by atoms with Gasteiger partial charge in [0.05, 0.1) is 5.69 Å². The second-order valence-corrected chi connectivity index (χ2v) is 3.43. The number of aryl methyl sites for hydroxylation is 1. The van der Waals surface area contributed by atoms with E-state index in [2.05, 4.69) is 29.1 Å². The van der Waals surface area contributed by atoms with Crippen molar-refractivity contribution in [3.8, 4) is 0 Å². The highest BCUT2D eigenvalue weighted by Gasteiger charge is 2.05. The summed E-state index contributed by atoms with van der Waals surface area (Å²) < 4.78 is 1.77. The van der Waals surface area contributed by atoms with Crippen LogP contribution in [0.5, 0.6) is 0 Å². The normalized spacial score (nSPS) is 11.4. The first-order chi connectivity index (χ1) is 6.18. The summed E-state index contributed by atoms with van der Waals surface area (Å²) in [5.41, 5.74) is 1.87. The maximum absolute atomic E-state index is 4.43. The Balaban J connectivity index is 2.66. The lowest BCUT2D eigenvalue weighted by Crippen LogP contribution is -2.00. The lowest BCUT2D eigenvalue weighted by Gasteiger charge is -2.03. The van der Waals surface area contributed by atoms with Crippen molar-refractivity contribution in [3.63, 3.8) is 0 Å². The largest absolute Gasteiger partial charge is 0.197 e. The standard InChI is InChI=1S/C9H12N4/c1-6(2)8-4-5-9-11-10-7(3)13(9)12-8/h4-6H,1-3H3. The van der Waals surface area contributed by atoms with Gasteiger partial charge in [0, 0.05) is 0 Å². The van der Waals surface area contributed by atoms with Crippen molar-refractivity contribution in [2.75, 3.05) is 0 Å². The van der Waals surface area contributed by atoms with Gasteiger partial charge in [-0.15, -0.1) is 10.2 Å². The van der Waals surface area contributed by atoms with Crippen LogP contribution >= 0.6 is 0 Å². The summed E-state index contributed by atoms with van der Waals surface area (Å²) in [5.74, 6) is 1.27. The van der Waals surface area contributed by atoms with Gasteiger partial charge >= 0.3 is 0 Å². The monoisotopic (exact) mass is 176 g/mol. The lowest BCUT2D eigenvalue weighted by atomic mass is 10.1. The Morgan fingerprint density at radius 3 is 2.69 bits per heavy atom. The van der Waals surface area contributed by atoms with Crippen LogP contribution in [0, 0.1) is 6.92 Å². The number of aromatic nitrogens is 4. The molecule has 0 aliphatic rings. The molecule has 0 aliphatic carbocycles. The van der Waals surface area contributed by atoms with Crippen LogP contribution in [0.25, 0.3) is 5.65 Å². The molecule has 0 amide bonds. The topological polar surface area (TPSA) is 43.1 Å². The Labute approximate surface area is 76.6 Å². The van der Waals surface area contributed by atoms with Crippen molar-refractivity contribution in [3.05, 3.63) is 23.7 Å². The first-order valence-corrected chi connectivity index (χ1v) is 4.37. The predicted octanol–water partition coefficient (Wildman–Crippen LogP) is 1.56. The molecule has 0 aliphatic heterocycles. The molecule has 2 aromatic heterocycles. The fourth-order valence-corrected chi connectivity index (χ4v) is 1.22. The minimum Gasteiger partial charge on any atom is -0.197 e. The molecule has 0 unspecified atom stereocenters. The minimum absolute atomic E-state index is 0.436. The van der Waals surface area contributed by atoms with Gasteiger partial charge in [-0.3, -0.25) is 0 Å². The summed E-state index contributed by atoms with van der Waals surface area (Å²) in [5, 5.41) is 12.3. The average Bonchev–Trinajstić information content (AvgIpc) is 2.47. The van der Waals surface area contributed by atoms with Gasteiger partial charge in [-0.25, -0.2) is 0 Å². The van der Waals surface area contributed by atoms with Crippen LogP contribution in [-0.2, 0) is 0 Å². The summed E-state index contributed by atoms with van der Waals surface area (Å²) in [6.45, 7) is 6.14. The molecule has 4 heteroatoms. The Bertz CT molecular complexity index is 430. The Hall–Kier alpha value is -1.45. The van der Waals surface area contributed by atoms with Crippen molar-refractivity contribution >= 4 is 5.65 Å². The van der Waals surface area contributed by atoms with Crippen LogP contribution < -0.4 is 0 Å². The Morgan fingerprint density at radius 2 is 2.00 bits per heavy atom. The molecule has 2 rings (SSSR count). The van der Waals surface area contributed by atoms with Gasteiger partial charge < -0.3 is 0 Å². The van der Waals surface area contributed by atoms with E-state index in [-0.39, 0.29) is 0 Å². The van der Waals surface area contributed by atoms with Crippen molar-refractivity contribution in [2.45, 2.75) is 26.7 Å². The van der Waals surface area contributed by atoms with Crippen molar-refractivity contribution in [2.24, 2.45) is 0 Å². The summed E-state index contributed by atoms with van der Waals surface area (Å²) in [6, 6.07) is 3.94. The van der Waals surface area contributed by atoms with Gasteiger partial charge in [0.25, 0.3) is 0 Å². The molecule has 0 radical (unpaired) electrons. The summed E-state index contributed by atoms with van der Waals surface area (Å²) in [4.78, 5) is 0. The average molecular weight is 176 g/mol. The zero-order valence-corrected chi connectivity index (χ0v) is 8.02. The molecule has 0 N–H and O–H groups in total. The van der Waals surface area contributed by atoms with Crippen LogP contribution in [0.15, 0.2) is 12.1 Å². The van der Waals surface area contributed by atoms with Crippen LogP contribution in [-0.4, -0.2) is 19.8 Å². The van der Waals surface area contributed by atoms with Crippen LogP contribution in [0.4, 0.5) is 0 Å². The first kappa shape index (κ1) is 8.16. The number of nitrogens with zero attached hydrogens (tertiary/aromatic N) is 4. The van der Waals surface area contributed by atoms with E-state index in [1.165, 1.54) is 0 Å². The zero-order valence-electron chi connectivity index (χ0n) is 8.02. The smallest absolute Gasteiger partial charge is 0.177 e. The van der Waals surface area contributed by atoms with E-state index >= 15 is 0 Å². The van der Waals surface area contributed by atoms with E-state index < -0.39 is 0 Å². The summed E-state index contributed by atoms with van der Waals surface area (Å²) >= 11 is 0. The predicted molar refractivity (Wildman–Crippen MR) is 49.6 cm³/mol. The molecule has 68 valence electrons. The first-order valence-electron chi connectivity index (χ1n) is 4.37. The number of hydrogen-bond donors (Lipinski definition) is 0. The highest BCUT2D eigenvalue weighted by atomic mass is 15.4. The fourth-order valence-electron chi connectivity index (χ4n) is 1.22. The molecule has 2 heterocycles. The molecule has 0 spiro atoms. The zero-order chi connectivity index (χ0) is 9.42. The number of rotatable bonds is 1. The quantitative estimate of drug-likeness (QED) is 0.662. The van der Waals surface area contributed by atoms with E-state index in [0.29, 0.717) is 5.92 Å². The van der Waals surface area contributed by atoms with Crippen LogP contribution in [0.3, 0.4) is 0 Å². The third-order valence-electron chi connectivity index (χ3n) is 2.03. The van der Waals surface area contributed by atoms with Gasteiger partial charge in [0.15, 0.2) is 11.5 Å². The van der Waals surface area contributed by atoms with Crippen molar-refractivity contribution in [1.82, 2.24) is 19.8 Å². The van der Waals surface area contributed by atoms with Gasteiger partial charge in [0.1, 0.15) is 0 Å². The van der Waals surface area contributed by atoms with Crippen LogP contribution in [0.1, 0.15) is 31.3 Å². The molecule has 13 heavy (non-hydrogen) atoms. The van der Waals surface area contributed by atoms with Gasteiger partial charge in [-0.05, 0) is 25.0 Å². The van der Waals surface area contributed by atoms with E-state index in [0.717, 1.165) is 17.2 Å². The molecule has 0 bridgehead atoms. The Morgan fingerprint density at radius 1 is 1.23 bits per heavy atom. The second-order valence-electron chi connectivity index (χ2n) is 3.43. The van der Waals surface area contributed by atoms with Gasteiger partial charge in [-0.1, -0.05) is 13.8 Å². The SMILES string of the molecule is Cc1nnc2ccc(C(C)C)nn12. The van der Waals surface area contributed by atoms with Crippen molar-refractivity contribution < 1.29 is 0 Å². The molecule has 4 nitrogen and oxygen atoms in total. The summed E-state index contributed by atoms with van der Waals surface area (Å²) in [6.07, 6.45) is 0. The molecule has 0 atom stereocenters. The lowest BCUT2D eigenvalue weighted by molar-refractivity contribution is 0.750.